The van der Waals surface area contributed by atoms with Crippen LogP contribution in [0.15, 0.2) is 0 Å². The van der Waals surface area contributed by atoms with Crippen LogP contribution in [-0.2, 0) is 9.53 Å². The molecule has 0 radical (unpaired) electrons. The van der Waals surface area contributed by atoms with Gasteiger partial charge in [0.05, 0.1) is 11.7 Å². The molecule has 36 heavy (non-hydrogen) atoms. The zero-order valence-corrected chi connectivity index (χ0v) is 23.7. The lowest BCUT2D eigenvalue weighted by Gasteiger charge is -2.60. The Morgan fingerprint density at radius 2 is 1.78 bits per heavy atom. The summed E-state index contributed by atoms with van der Waals surface area (Å²) in [6.45, 7) is 12.8. The molecule has 5 heteroatoms. The lowest BCUT2D eigenvalue weighted by atomic mass is 9.47. The molecule has 2 aliphatic heterocycles. The Hall–Kier alpha value is -0.650. The Kier molecular flexibility index (Phi) is 6.18. The van der Waals surface area contributed by atoms with Crippen molar-refractivity contribution in [2.45, 2.75) is 141 Å². The van der Waals surface area contributed by atoms with Gasteiger partial charge in [0.2, 0.25) is 5.91 Å². The third-order valence-electron chi connectivity index (χ3n) is 13.0. The number of nitrogens with two attached hydrogens (primary N) is 1. The molecule has 1 spiro atoms. The number of hydrogen-bond acceptors (Lipinski definition) is 4. The maximum absolute atomic E-state index is 11.8. The first kappa shape index (κ1) is 25.6. The third-order valence-corrected chi connectivity index (χ3v) is 13.0. The Bertz CT molecular complexity index is 880. The largest absolute Gasteiger partial charge is 0.370 e. The molecule has 6 fully saturated rings. The van der Waals surface area contributed by atoms with Crippen molar-refractivity contribution < 1.29 is 9.53 Å². The maximum Gasteiger partial charge on any atom is 0.217 e. The van der Waals surface area contributed by atoms with Crippen LogP contribution in [0.2, 0.25) is 0 Å². The number of hydrogen-bond donors (Lipinski definition) is 3. The highest BCUT2D eigenvalue weighted by Gasteiger charge is 2.63. The van der Waals surface area contributed by atoms with Gasteiger partial charge in [0.25, 0.3) is 0 Å². The van der Waals surface area contributed by atoms with Crippen molar-refractivity contribution in [2.24, 2.45) is 46.2 Å². The number of carbonyl (C=O) groups excluding carboxylic acids is 1. The molecule has 2 saturated heterocycles. The van der Waals surface area contributed by atoms with E-state index in [0.29, 0.717) is 58.6 Å². The normalized spacial score (nSPS) is 56.6. The van der Waals surface area contributed by atoms with Crippen LogP contribution >= 0.6 is 0 Å². The van der Waals surface area contributed by atoms with Gasteiger partial charge in [0, 0.05) is 30.5 Å². The van der Waals surface area contributed by atoms with Gasteiger partial charge in [0.15, 0.2) is 0 Å². The number of fused-ring (bicyclic) bond motifs is 7. The summed E-state index contributed by atoms with van der Waals surface area (Å²) in [5.41, 5.74) is 8.30. The van der Waals surface area contributed by atoms with E-state index in [9.17, 15) is 4.79 Å². The molecule has 5 nitrogen and oxygen atoms in total. The summed E-state index contributed by atoms with van der Waals surface area (Å²) < 4.78 is 7.15. The average Bonchev–Trinajstić information content (AvgIpc) is 2.90. The van der Waals surface area contributed by atoms with Gasteiger partial charge in [-0.25, -0.2) is 0 Å². The van der Waals surface area contributed by atoms with Gasteiger partial charge < -0.3 is 21.1 Å². The summed E-state index contributed by atoms with van der Waals surface area (Å²) in [4.78, 5) is 11.8. The summed E-state index contributed by atoms with van der Waals surface area (Å²) >= 11 is 0. The van der Waals surface area contributed by atoms with Crippen molar-refractivity contribution in [3.05, 3.63) is 0 Å². The lowest BCUT2D eigenvalue weighted by Crippen LogP contribution is -2.64. The van der Waals surface area contributed by atoms with Crippen LogP contribution < -0.4 is 16.4 Å². The van der Waals surface area contributed by atoms with E-state index in [-0.39, 0.29) is 17.0 Å². The third kappa shape index (κ3) is 3.92. The van der Waals surface area contributed by atoms with Gasteiger partial charge in [-0.1, -0.05) is 27.7 Å². The van der Waals surface area contributed by atoms with E-state index < -0.39 is 0 Å². The fraction of sp³-hybridized carbons (Fsp3) is 0.968. The molecule has 4 aliphatic carbocycles. The smallest absolute Gasteiger partial charge is 0.217 e. The van der Waals surface area contributed by atoms with Crippen LogP contribution in [0.5, 0.6) is 0 Å². The van der Waals surface area contributed by atoms with Gasteiger partial charge in [0.1, 0.15) is 0 Å². The molecule has 4 saturated carbocycles. The molecule has 2 bridgehead atoms. The number of carbonyl (C=O) groups is 1. The minimum absolute atomic E-state index is 0.0244. The van der Waals surface area contributed by atoms with E-state index in [4.69, 9.17) is 10.5 Å². The molecule has 0 aromatic rings. The van der Waals surface area contributed by atoms with Crippen LogP contribution in [0.25, 0.3) is 0 Å². The quantitative estimate of drug-likeness (QED) is 0.465. The minimum Gasteiger partial charge on any atom is -0.370 e. The van der Waals surface area contributed by atoms with E-state index in [0.717, 1.165) is 19.4 Å². The molecule has 4 N–H and O–H groups in total. The number of rotatable bonds is 1. The van der Waals surface area contributed by atoms with E-state index in [1.54, 1.807) is 6.92 Å². The Balaban J connectivity index is 1.25. The number of piperidine rings is 1. The Labute approximate surface area is 219 Å². The second-order valence-electron chi connectivity index (χ2n) is 15.3. The fourth-order valence-corrected chi connectivity index (χ4v) is 11.1. The standard InChI is InChI=1S/C31H53N3O2/c1-19-14-25-27(33-17-19)20(2)30(36-25)12-6-23-16-28(4,18-30)10-9-26-29(5)11-8-24(34-21(3)35)15-22(29)7-13-31(23,26)32/h19-20,22-27,33H,6-18,32H2,1-5H3,(H,34,35)/t19-,20+,22?,23?,24?,25+,26?,27-,28?,29-,30?,31?/m0/s1. The van der Waals surface area contributed by atoms with E-state index in [1.807, 2.05) is 0 Å². The van der Waals surface area contributed by atoms with Crippen LogP contribution in [0.1, 0.15) is 112 Å². The SMILES string of the molecule is CC(=O)NC1CC[C@@]2(C)C(CCC3(N)C4CCC5(CC(C)(CCC32)C4)O[C@@H]2C[C@H](C)CN[C@H]2[C@H]5C)C1. The van der Waals surface area contributed by atoms with E-state index in [1.165, 1.54) is 64.2 Å². The van der Waals surface area contributed by atoms with Crippen molar-refractivity contribution in [1.82, 2.24) is 10.6 Å². The zero-order chi connectivity index (χ0) is 25.5. The van der Waals surface area contributed by atoms with Gasteiger partial charge in [-0.2, -0.15) is 0 Å². The van der Waals surface area contributed by atoms with E-state index in [2.05, 4.69) is 38.3 Å². The van der Waals surface area contributed by atoms with Crippen LogP contribution in [0, 0.1) is 40.4 Å². The molecule has 0 aromatic carbocycles. The van der Waals surface area contributed by atoms with Crippen LogP contribution in [0.3, 0.4) is 0 Å². The Morgan fingerprint density at radius 1 is 1.00 bits per heavy atom. The Morgan fingerprint density at radius 3 is 2.56 bits per heavy atom. The van der Waals surface area contributed by atoms with Crippen molar-refractivity contribution in [3.63, 3.8) is 0 Å². The highest BCUT2D eigenvalue weighted by Crippen LogP contribution is 2.65. The van der Waals surface area contributed by atoms with Crippen molar-refractivity contribution in [2.75, 3.05) is 6.54 Å². The van der Waals surface area contributed by atoms with Gasteiger partial charge in [-0.15, -0.1) is 0 Å². The molecule has 2 heterocycles. The van der Waals surface area contributed by atoms with Crippen molar-refractivity contribution >= 4 is 5.91 Å². The van der Waals surface area contributed by atoms with E-state index >= 15 is 0 Å². The molecule has 6 rings (SSSR count). The summed E-state index contributed by atoms with van der Waals surface area (Å²) in [5.74, 6) is 3.32. The second kappa shape index (κ2) is 8.68. The summed E-state index contributed by atoms with van der Waals surface area (Å²) in [6, 6.07) is 0.884. The number of amides is 1. The number of nitrogens with one attached hydrogen (secondary N) is 2. The lowest BCUT2D eigenvalue weighted by molar-refractivity contribution is -0.122. The molecule has 12 atom stereocenters. The van der Waals surface area contributed by atoms with Gasteiger partial charge >= 0.3 is 0 Å². The molecule has 7 unspecified atom stereocenters. The summed E-state index contributed by atoms with van der Waals surface area (Å²) in [5, 5.41) is 7.13. The fourth-order valence-electron chi connectivity index (χ4n) is 11.1. The first-order valence-corrected chi connectivity index (χ1v) is 15.4. The highest BCUT2D eigenvalue weighted by atomic mass is 16.5. The zero-order valence-electron chi connectivity index (χ0n) is 23.7. The minimum atomic E-state index is -0.0449. The van der Waals surface area contributed by atoms with Crippen LogP contribution in [-0.4, -0.2) is 41.8 Å². The van der Waals surface area contributed by atoms with Crippen LogP contribution in [0.4, 0.5) is 0 Å². The predicted molar refractivity (Wildman–Crippen MR) is 144 cm³/mol. The first-order chi connectivity index (χ1) is 17.0. The topological polar surface area (TPSA) is 76.4 Å². The highest BCUT2D eigenvalue weighted by molar-refractivity contribution is 5.73. The predicted octanol–water partition coefficient (Wildman–Crippen LogP) is 5.17. The first-order valence-electron chi connectivity index (χ1n) is 15.4. The number of ether oxygens (including phenoxy) is 1. The maximum atomic E-state index is 11.8. The molecule has 0 aromatic heterocycles. The molecule has 6 aliphatic rings. The van der Waals surface area contributed by atoms with Gasteiger partial charge in [-0.3, -0.25) is 4.79 Å². The summed E-state index contributed by atoms with van der Waals surface area (Å²) in [7, 11) is 0. The average molecular weight is 500 g/mol. The van der Waals surface area contributed by atoms with Gasteiger partial charge in [-0.05, 0) is 118 Å². The van der Waals surface area contributed by atoms with Crippen molar-refractivity contribution in [1.29, 1.82) is 0 Å². The molecular formula is C31H53N3O2. The monoisotopic (exact) mass is 499 g/mol. The molecular weight excluding hydrogens is 446 g/mol. The molecule has 204 valence electrons. The second-order valence-corrected chi connectivity index (χ2v) is 15.3. The molecule has 1 amide bonds. The van der Waals surface area contributed by atoms with Crippen molar-refractivity contribution in [3.8, 4) is 0 Å². The summed E-state index contributed by atoms with van der Waals surface area (Å²) in [6.07, 6.45) is 15.0.